The Kier molecular flexibility index (Phi) is 8.40. The van der Waals surface area contributed by atoms with Gasteiger partial charge in [-0.15, -0.1) is 12.4 Å². The standard InChI is InChI=1S/C17H25NO2.ClH/c1-20-17(19)12-13-18(16-10-6-3-7-11-16)14-15-8-4-2-5-9-15;/h2,4-5,8-9,16H,3,6-7,10-14H2,1H3;1H. The van der Waals surface area contributed by atoms with Crippen LogP contribution in [-0.2, 0) is 16.1 Å². The molecule has 0 aliphatic heterocycles. The summed E-state index contributed by atoms with van der Waals surface area (Å²) in [5.41, 5.74) is 1.32. The van der Waals surface area contributed by atoms with Crippen molar-refractivity contribution in [1.29, 1.82) is 0 Å². The Morgan fingerprint density at radius 3 is 2.48 bits per heavy atom. The molecule has 0 N–H and O–H groups in total. The van der Waals surface area contributed by atoms with Gasteiger partial charge < -0.3 is 4.74 Å². The van der Waals surface area contributed by atoms with Crippen LogP contribution in [0, 0.1) is 0 Å². The second kappa shape index (κ2) is 9.80. The number of ether oxygens (including phenoxy) is 1. The smallest absolute Gasteiger partial charge is 0.306 e. The number of carbonyl (C=O) groups is 1. The first-order chi connectivity index (χ1) is 9.79. The molecule has 0 spiro atoms. The molecular weight excluding hydrogens is 286 g/mol. The maximum Gasteiger partial charge on any atom is 0.306 e. The number of carbonyl (C=O) groups excluding carboxylic acids is 1. The van der Waals surface area contributed by atoms with Crippen LogP contribution in [0.25, 0.3) is 0 Å². The Bertz CT molecular complexity index is 405. The van der Waals surface area contributed by atoms with Crippen molar-refractivity contribution in [2.45, 2.75) is 51.1 Å². The predicted molar refractivity (Wildman–Crippen MR) is 87.6 cm³/mol. The number of hydrogen-bond donors (Lipinski definition) is 0. The number of methoxy groups -OCH3 is 1. The van der Waals surface area contributed by atoms with Crippen LogP contribution in [0.4, 0.5) is 0 Å². The van der Waals surface area contributed by atoms with E-state index in [1.54, 1.807) is 0 Å². The first-order valence-electron chi connectivity index (χ1n) is 7.64. The van der Waals surface area contributed by atoms with Crippen molar-refractivity contribution < 1.29 is 9.53 Å². The van der Waals surface area contributed by atoms with Gasteiger partial charge in [0, 0.05) is 19.1 Å². The molecule has 0 saturated heterocycles. The van der Waals surface area contributed by atoms with Crippen molar-refractivity contribution in [1.82, 2.24) is 4.90 Å². The molecule has 1 aromatic rings. The van der Waals surface area contributed by atoms with Gasteiger partial charge in [0.25, 0.3) is 0 Å². The molecule has 21 heavy (non-hydrogen) atoms. The number of halogens is 1. The summed E-state index contributed by atoms with van der Waals surface area (Å²) in [4.78, 5) is 13.9. The topological polar surface area (TPSA) is 29.5 Å². The van der Waals surface area contributed by atoms with Crippen molar-refractivity contribution in [3.63, 3.8) is 0 Å². The van der Waals surface area contributed by atoms with Gasteiger partial charge in [-0.05, 0) is 18.4 Å². The Morgan fingerprint density at radius 2 is 1.86 bits per heavy atom. The highest BCUT2D eigenvalue weighted by Crippen LogP contribution is 2.24. The van der Waals surface area contributed by atoms with E-state index < -0.39 is 0 Å². The maximum absolute atomic E-state index is 11.4. The number of rotatable bonds is 6. The Labute approximate surface area is 134 Å². The molecule has 0 amide bonds. The van der Waals surface area contributed by atoms with Crippen molar-refractivity contribution in [3.05, 3.63) is 35.9 Å². The van der Waals surface area contributed by atoms with Crippen molar-refractivity contribution >= 4 is 18.4 Å². The van der Waals surface area contributed by atoms with Gasteiger partial charge >= 0.3 is 5.97 Å². The van der Waals surface area contributed by atoms with Gasteiger partial charge in [-0.25, -0.2) is 0 Å². The fraction of sp³-hybridized carbons (Fsp3) is 0.588. The largest absolute Gasteiger partial charge is 0.469 e. The van der Waals surface area contributed by atoms with E-state index in [9.17, 15) is 4.79 Å². The summed E-state index contributed by atoms with van der Waals surface area (Å²) in [6, 6.07) is 11.1. The molecule has 0 aromatic heterocycles. The molecule has 0 unspecified atom stereocenters. The molecule has 1 saturated carbocycles. The van der Waals surface area contributed by atoms with Crippen molar-refractivity contribution in [2.75, 3.05) is 13.7 Å². The highest BCUT2D eigenvalue weighted by atomic mass is 35.5. The van der Waals surface area contributed by atoms with Gasteiger partial charge in [0.05, 0.1) is 13.5 Å². The van der Waals surface area contributed by atoms with Crippen LogP contribution < -0.4 is 0 Å². The first-order valence-corrected chi connectivity index (χ1v) is 7.64. The lowest BCUT2D eigenvalue weighted by atomic mass is 9.93. The fourth-order valence-electron chi connectivity index (χ4n) is 2.99. The maximum atomic E-state index is 11.4. The third-order valence-electron chi connectivity index (χ3n) is 4.15. The number of esters is 1. The number of nitrogens with zero attached hydrogens (tertiary/aromatic N) is 1. The van der Waals surface area contributed by atoms with E-state index >= 15 is 0 Å². The van der Waals surface area contributed by atoms with E-state index in [2.05, 4.69) is 29.2 Å². The SMILES string of the molecule is COC(=O)CCN(Cc1ccccc1)C1CCCCC1.Cl. The second-order valence-electron chi connectivity index (χ2n) is 5.57. The molecule has 0 radical (unpaired) electrons. The number of benzene rings is 1. The quantitative estimate of drug-likeness (QED) is 0.748. The molecule has 1 aliphatic carbocycles. The molecule has 118 valence electrons. The summed E-state index contributed by atoms with van der Waals surface area (Å²) >= 11 is 0. The van der Waals surface area contributed by atoms with Crippen LogP contribution in [0.3, 0.4) is 0 Å². The van der Waals surface area contributed by atoms with Crippen molar-refractivity contribution in [2.24, 2.45) is 0 Å². The molecule has 0 heterocycles. The van der Waals surface area contributed by atoms with Gasteiger partial charge in [-0.2, -0.15) is 0 Å². The molecule has 0 bridgehead atoms. The molecular formula is C17H26ClNO2. The lowest BCUT2D eigenvalue weighted by Gasteiger charge is -2.34. The average molecular weight is 312 g/mol. The zero-order valence-corrected chi connectivity index (χ0v) is 13.6. The summed E-state index contributed by atoms with van der Waals surface area (Å²) in [5.74, 6) is -0.112. The van der Waals surface area contributed by atoms with Crippen LogP contribution in [0.2, 0.25) is 0 Å². The van der Waals surface area contributed by atoms with Gasteiger partial charge in [-0.1, -0.05) is 49.6 Å². The predicted octanol–water partition coefficient (Wildman–Crippen LogP) is 3.81. The zero-order chi connectivity index (χ0) is 14.2. The highest BCUT2D eigenvalue weighted by Gasteiger charge is 2.21. The minimum absolute atomic E-state index is 0. The Balaban J connectivity index is 0.00000220. The summed E-state index contributed by atoms with van der Waals surface area (Å²) in [6.07, 6.45) is 6.98. The summed E-state index contributed by atoms with van der Waals surface area (Å²) in [6.45, 7) is 1.73. The minimum atomic E-state index is -0.112. The van der Waals surface area contributed by atoms with Crippen LogP contribution in [0.15, 0.2) is 30.3 Å². The van der Waals surface area contributed by atoms with E-state index in [-0.39, 0.29) is 18.4 Å². The van der Waals surface area contributed by atoms with E-state index in [1.165, 1.54) is 44.8 Å². The van der Waals surface area contributed by atoms with Crippen LogP contribution in [0.5, 0.6) is 0 Å². The lowest BCUT2D eigenvalue weighted by molar-refractivity contribution is -0.141. The highest BCUT2D eigenvalue weighted by molar-refractivity contribution is 5.85. The summed E-state index contributed by atoms with van der Waals surface area (Å²) in [7, 11) is 1.46. The van der Waals surface area contributed by atoms with Gasteiger partial charge in [0.15, 0.2) is 0 Å². The molecule has 0 atom stereocenters. The summed E-state index contributed by atoms with van der Waals surface area (Å²) in [5, 5.41) is 0. The molecule has 1 fully saturated rings. The van der Waals surface area contributed by atoms with Crippen molar-refractivity contribution in [3.8, 4) is 0 Å². The molecule has 4 heteroatoms. The molecule has 1 aromatic carbocycles. The van der Waals surface area contributed by atoms with Crippen LogP contribution in [0.1, 0.15) is 44.1 Å². The van der Waals surface area contributed by atoms with Crippen LogP contribution in [-0.4, -0.2) is 30.6 Å². The molecule has 3 nitrogen and oxygen atoms in total. The van der Waals surface area contributed by atoms with Gasteiger partial charge in [-0.3, -0.25) is 9.69 Å². The second-order valence-corrected chi connectivity index (χ2v) is 5.57. The monoisotopic (exact) mass is 311 g/mol. The van der Waals surface area contributed by atoms with E-state index in [0.717, 1.165) is 13.1 Å². The van der Waals surface area contributed by atoms with Gasteiger partial charge in [0.2, 0.25) is 0 Å². The Hall–Kier alpha value is -1.06. The van der Waals surface area contributed by atoms with Gasteiger partial charge in [0.1, 0.15) is 0 Å². The molecule has 1 aliphatic rings. The van der Waals surface area contributed by atoms with E-state index in [4.69, 9.17) is 4.74 Å². The average Bonchev–Trinajstić information content (AvgIpc) is 2.53. The van der Waals surface area contributed by atoms with E-state index in [0.29, 0.717) is 12.5 Å². The molecule has 2 rings (SSSR count). The Morgan fingerprint density at radius 1 is 1.19 bits per heavy atom. The third kappa shape index (κ3) is 6.06. The fourth-order valence-corrected chi connectivity index (χ4v) is 2.99. The third-order valence-corrected chi connectivity index (χ3v) is 4.15. The number of hydrogen-bond acceptors (Lipinski definition) is 3. The first kappa shape index (κ1) is 18.0. The van der Waals surface area contributed by atoms with E-state index in [1.807, 2.05) is 6.07 Å². The summed E-state index contributed by atoms with van der Waals surface area (Å²) < 4.78 is 4.77. The van der Waals surface area contributed by atoms with Crippen LogP contribution >= 0.6 is 12.4 Å². The zero-order valence-electron chi connectivity index (χ0n) is 12.8. The minimum Gasteiger partial charge on any atom is -0.469 e. The normalized spacial score (nSPS) is 15.5. The lowest BCUT2D eigenvalue weighted by Crippen LogP contribution is -2.37.